The Balaban J connectivity index is 1.55. The molecule has 0 fully saturated rings. The zero-order valence-electron chi connectivity index (χ0n) is 15.2. The predicted molar refractivity (Wildman–Crippen MR) is 103 cm³/mol. The van der Waals surface area contributed by atoms with E-state index in [0.29, 0.717) is 28.4 Å². The molecule has 2 aromatic carbocycles. The summed E-state index contributed by atoms with van der Waals surface area (Å²) in [5.41, 5.74) is 1.88. The SMILES string of the molecule is Cc1cc(=O)oc2cc(Oc3ccc4nnc(-c5cccc(F)c5)n4n3)ccc12. The molecule has 142 valence electrons. The van der Waals surface area contributed by atoms with Crippen molar-refractivity contribution in [1.82, 2.24) is 19.8 Å². The van der Waals surface area contributed by atoms with Gasteiger partial charge in [-0.15, -0.1) is 15.3 Å². The highest BCUT2D eigenvalue weighted by atomic mass is 19.1. The zero-order chi connectivity index (χ0) is 20.0. The van der Waals surface area contributed by atoms with E-state index >= 15 is 0 Å². The topological polar surface area (TPSA) is 82.5 Å². The van der Waals surface area contributed by atoms with Gasteiger partial charge >= 0.3 is 5.63 Å². The van der Waals surface area contributed by atoms with Gasteiger partial charge in [-0.1, -0.05) is 12.1 Å². The van der Waals surface area contributed by atoms with Gasteiger partial charge in [-0.3, -0.25) is 0 Å². The Morgan fingerprint density at radius 3 is 2.79 bits per heavy atom. The van der Waals surface area contributed by atoms with Gasteiger partial charge in [0.2, 0.25) is 5.88 Å². The van der Waals surface area contributed by atoms with Gasteiger partial charge < -0.3 is 9.15 Å². The van der Waals surface area contributed by atoms with E-state index in [9.17, 15) is 9.18 Å². The van der Waals surface area contributed by atoms with E-state index in [1.165, 1.54) is 22.7 Å². The second-order valence-electron chi connectivity index (χ2n) is 6.48. The standard InChI is InChI=1S/C21H13FN4O3/c1-12-9-20(27)29-17-11-15(5-6-16(12)17)28-19-8-7-18-23-24-21(26(18)25-19)13-3-2-4-14(22)10-13/h2-11H,1H3. The Bertz CT molecular complexity index is 1440. The summed E-state index contributed by atoms with van der Waals surface area (Å²) < 4.78 is 26.1. The number of aromatic nitrogens is 4. The van der Waals surface area contributed by atoms with E-state index in [1.807, 2.05) is 13.0 Å². The highest BCUT2D eigenvalue weighted by Crippen LogP contribution is 2.26. The van der Waals surface area contributed by atoms with Gasteiger partial charge in [0.15, 0.2) is 11.5 Å². The molecule has 8 heteroatoms. The number of benzene rings is 2. The number of nitrogens with zero attached hydrogens (tertiary/aromatic N) is 4. The van der Waals surface area contributed by atoms with Crippen LogP contribution in [0.3, 0.4) is 0 Å². The normalized spacial score (nSPS) is 11.2. The second kappa shape index (κ2) is 6.52. The fourth-order valence-electron chi connectivity index (χ4n) is 3.12. The Hall–Kier alpha value is -4.07. The van der Waals surface area contributed by atoms with Gasteiger partial charge in [0, 0.05) is 29.1 Å². The molecule has 0 aliphatic heterocycles. The number of halogens is 1. The van der Waals surface area contributed by atoms with Crippen LogP contribution >= 0.6 is 0 Å². The van der Waals surface area contributed by atoms with E-state index in [-0.39, 0.29) is 11.7 Å². The minimum absolute atomic E-state index is 0.282. The fraction of sp³-hybridized carbons (Fsp3) is 0.0476. The summed E-state index contributed by atoms with van der Waals surface area (Å²) in [7, 11) is 0. The highest BCUT2D eigenvalue weighted by molar-refractivity contribution is 5.81. The summed E-state index contributed by atoms with van der Waals surface area (Å²) in [5, 5.41) is 13.4. The van der Waals surface area contributed by atoms with E-state index in [4.69, 9.17) is 9.15 Å². The van der Waals surface area contributed by atoms with Crippen molar-refractivity contribution in [3.8, 4) is 23.0 Å². The molecule has 0 bridgehead atoms. The van der Waals surface area contributed by atoms with Gasteiger partial charge in [0.1, 0.15) is 17.1 Å². The Morgan fingerprint density at radius 1 is 1.03 bits per heavy atom. The third-order valence-electron chi connectivity index (χ3n) is 4.47. The maximum atomic E-state index is 13.6. The summed E-state index contributed by atoms with van der Waals surface area (Å²) in [4.78, 5) is 11.6. The number of hydrogen-bond donors (Lipinski definition) is 0. The first kappa shape index (κ1) is 17.1. The van der Waals surface area contributed by atoms with Crippen molar-refractivity contribution in [3.63, 3.8) is 0 Å². The third-order valence-corrected chi connectivity index (χ3v) is 4.47. The van der Waals surface area contributed by atoms with Crippen LogP contribution in [0.5, 0.6) is 11.6 Å². The minimum Gasteiger partial charge on any atom is -0.437 e. The van der Waals surface area contributed by atoms with Crippen molar-refractivity contribution in [3.05, 3.63) is 82.5 Å². The Morgan fingerprint density at radius 2 is 1.93 bits per heavy atom. The van der Waals surface area contributed by atoms with Gasteiger partial charge in [-0.05, 0) is 42.8 Å². The molecule has 0 amide bonds. The van der Waals surface area contributed by atoms with Gasteiger partial charge in [0.05, 0.1) is 0 Å². The molecule has 3 aromatic heterocycles. The van der Waals surface area contributed by atoms with Crippen LogP contribution in [0.1, 0.15) is 5.56 Å². The molecule has 0 radical (unpaired) electrons. The largest absolute Gasteiger partial charge is 0.437 e. The number of rotatable bonds is 3. The summed E-state index contributed by atoms with van der Waals surface area (Å²) >= 11 is 0. The molecule has 0 saturated carbocycles. The van der Waals surface area contributed by atoms with Crippen LogP contribution in [0.2, 0.25) is 0 Å². The maximum absolute atomic E-state index is 13.6. The van der Waals surface area contributed by atoms with E-state index in [1.54, 1.807) is 36.4 Å². The van der Waals surface area contributed by atoms with Crippen molar-refractivity contribution in [2.24, 2.45) is 0 Å². The summed E-state index contributed by atoms with van der Waals surface area (Å²) in [6.45, 7) is 1.84. The number of ether oxygens (including phenoxy) is 1. The van der Waals surface area contributed by atoms with Crippen LogP contribution in [-0.2, 0) is 0 Å². The lowest BCUT2D eigenvalue weighted by Crippen LogP contribution is -1.99. The Kier molecular flexibility index (Phi) is 3.83. The van der Waals surface area contributed by atoms with Gasteiger partial charge in [0.25, 0.3) is 0 Å². The van der Waals surface area contributed by atoms with Crippen LogP contribution < -0.4 is 10.4 Å². The molecule has 0 spiro atoms. The first-order valence-corrected chi connectivity index (χ1v) is 8.78. The van der Waals surface area contributed by atoms with Crippen molar-refractivity contribution < 1.29 is 13.5 Å². The molecule has 0 atom stereocenters. The molecule has 0 unspecified atom stereocenters. The molecule has 0 saturated heterocycles. The molecular formula is C21H13FN4O3. The van der Waals surface area contributed by atoms with E-state index in [0.717, 1.165) is 10.9 Å². The number of aryl methyl sites for hydroxylation is 1. The minimum atomic E-state index is -0.420. The number of fused-ring (bicyclic) bond motifs is 2. The van der Waals surface area contributed by atoms with Crippen LogP contribution in [0.4, 0.5) is 4.39 Å². The molecule has 0 N–H and O–H groups in total. The lowest BCUT2D eigenvalue weighted by Gasteiger charge is -2.07. The quantitative estimate of drug-likeness (QED) is 0.432. The van der Waals surface area contributed by atoms with Crippen LogP contribution in [0.15, 0.2) is 69.9 Å². The van der Waals surface area contributed by atoms with Gasteiger partial charge in [-0.2, -0.15) is 4.52 Å². The maximum Gasteiger partial charge on any atom is 0.336 e. The van der Waals surface area contributed by atoms with Crippen LogP contribution in [0, 0.1) is 12.7 Å². The molecule has 5 aromatic rings. The van der Waals surface area contributed by atoms with Crippen molar-refractivity contribution in [2.75, 3.05) is 0 Å². The molecule has 0 aliphatic rings. The highest BCUT2D eigenvalue weighted by Gasteiger charge is 2.12. The average Bonchev–Trinajstić information content (AvgIpc) is 3.11. The van der Waals surface area contributed by atoms with Crippen molar-refractivity contribution >= 4 is 16.6 Å². The van der Waals surface area contributed by atoms with Crippen LogP contribution in [-0.4, -0.2) is 19.8 Å². The first-order chi connectivity index (χ1) is 14.1. The predicted octanol–water partition coefficient (Wildman–Crippen LogP) is 4.14. The summed E-state index contributed by atoms with van der Waals surface area (Å²) in [6.07, 6.45) is 0. The zero-order valence-corrected chi connectivity index (χ0v) is 15.2. The summed E-state index contributed by atoms with van der Waals surface area (Å²) in [5.74, 6) is 0.757. The lowest BCUT2D eigenvalue weighted by atomic mass is 10.1. The smallest absolute Gasteiger partial charge is 0.336 e. The number of hydrogen-bond acceptors (Lipinski definition) is 6. The molecule has 0 aliphatic carbocycles. The third kappa shape index (κ3) is 3.10. The van der Waals surface area contributed by atoms with Crippen molar-refractivity contribution in [1.29, 1.82) is 0 Å². The van der Waals surface area contributed by atoms with Gasteiger partial charge in [-0.25, -0.2) is 9.18 Å². The van der Waals surface area contributed by atoms with E-state index < -0.39 is 5.63 Å². The molecule has 3 heterocycles. The van der Waals surface area contributed by atoms with Crippen LogP contribution in [0.25, 0.3) is 28.0 Å². The molecule has 5 rings (SSSR count). The van der Waals surface area contributed by atoms with E-state index in [2.05, 4.69) is 15.3 Å². The molecule has 29 heavy (non-hydrogen) atoms. The average molecular weight is 388 g/mol. The fourth-order valence-corrected chi connectivity index (χ4v) is 3.12. The Labute approximate surface area is 163 Å². The first-order valence-electron chi connectivity index (χ1n) is 8.78. The summed E-state index contributed by atoms with van der Waals surface area (Å²) in [6, 6.07) is 16.0. The second-order valence-corrected chi connectivity index (χ2v) is 6.48. The monoisotopic (exact) mass is 388 g/mol. The van der Waals surface area contributed by atoms with Crippen molar-refractivity contribution in [2.45, 2.75) is 6.92 Å². The molecule has 7 nitrogen and oxygen atoms in total. The lowest BCUT2D eigenvalue weighted by molar-refractivity contribution is 0.451. The molecular weight excluding hydrogens is 375 g/mol.